The number of sulfonamides is 1. The van der Waals surface area contributed by atoms with Gasteiger partial charge in [0.05, 0.1) is 30.7 Å². The first-order chi connectivity index (χ1) is 11.3. The summed E-state index contributed by atoms with van der Waals surface area (Å²) in [5, 5.41) is 4.21. The summed E-state index contributed by atoms with van der Waals surface area (Å²) in [4.78, 5) is 18.8. The Kier molecular flexibility index (Phi) is 4.55. The van der Waals surface area contributed by atoms with E-state index in [1.165, 1.54) is 0 Å². The Morgan fingerprint density at radius 1 is 1.42 bits per heavy atom. The largest absolute Gasteiger partial charge is 0.333 e. The molecule has 3 heterocycles. The van der Waals surface area contributed by atoms with Crippen LogP contribution in [-0.4, -0.2) is 53.2 Å². The van der Waals surface area contributed by atoms with Crippen molar-refractivity contribution in [2.24, 2.45) is 0 Å². The molecule has 1 N–H and O–H groups in total. The van der Waals surface area contributed by atoms with Crippen LogP contribution in [0.5, 0.6) is 0 Å². The highest BCUT2D eigenvalue weighted by Gasteiger charge is 2.29. The van der Waals surface area contributed by atoms with Crippen LogP contribution in [0, 0.1) is 6.92 Å². The van der Waals surface area contributed by atoms with Crippen LogP contribution in [0.15, 0.2) is 18.3 Å². The zero-order chi connectivity index (χ0) is 17.3. The normalized spacial score (nSPS) is 18.9. The minimum Gasteiger partial charge on any atom is -0.333 e. The average molecular weight is 351 g/mol. The van der Waals surface area contributed by atoms with Crippen LogP contribution >= 0.6 is 0 Å². The number of aryl methyl sites for hydroxylation is 1. The molecule has 3 rings (SSSR count). The standard InChI is InChI=1S/C15H21N5O3S/c1-11-9-12(18-14-6-7-16-20(11)14)13-5-3-4-8-19(13)15(21)10-17-24(2,22)23/h6-7,9,13,17H,3-5,8,10H2,1-2H3/t13-/m1/s1. The molecule has 0 aliphatic carbocycles. The first-order valence-corrected chi connectivity index (χ1v) is 9.80. The lowest BCUT2D eigenvalue weighted by Crippen LogP contribution is -2.44. The van der Waals surface area contributed by atoms with Gasteiger partial charge in [0.25, 0.3) is 0 Å². The minimum absolute atomic E-state index is 0.133. The van der Waals surface area contributed by atoms with Crippen molar-refractivity contribution in [1.29, 1.82) is 0 Å². The van der Waals surface area contributed by atoms with E-state index in [-0.39, 0.29) is 18.5 Å². The number of amides is 1. The molecule has 24 heavy (non-hydrogen) atoms. The predicted octanol–water partition coefficient (Wildman–Crippen LogP) is 0.641. The summed E-state index contributed by atoms with van der Waals surface area (Å²) < 4.78 is 26.5. The summed E-state index contributed by atoms with van der Waals surface area (Å²) in [7, 11) is -3.39. The maximum Gasteiger partial charge on any atom is 0.238 e. The molecular formula is C15H21N5O3S. The van der Waals surface area contributed by atoms with Gasteiger partial charge in [0.2, 0.25) is 15.9 Å². The second-order valence-electron chi connectivity index (χ2n) is 6.12. The van der Waals surface area contributed by atoms with Crippen molar-refractivity contribution in [1.82, 2.24) is 24.2 Å². The molecular weight excluding hydrogens is 330 g/mol. The number of hydrogen-bond donors (Lipinski definition) is 1. The van der Waals surface area contributed by atoms with Gasteiger partial charge in [-0.2, -0.15) is 5.10 Å². The fourth-order valence-electron chi connectivity index (χ4n) is 3.10. The highest BCUT2D eigenvalue weighted by molar-refractivity contribution is 7.88. The van der Waals surface area contributed by atoms with Crippen LogP contribution in [0.4, 0.5) is 0 Å². The Balaban J connectivity index is 1.86. The summed E-state index contributed by atoms with van der Waals surface area (Å²) in [6.45, 7) is 2.34. The zero-order valence-corrected chi connectivity index (χ0v) is 14.6. The van der Waals surface area contributed by atoms with Crippen molar-refractivity contribution in [3.63, 3.8) is 0 Å². The highest BCUT2D eigenvalue weighted by Crippen LogP contribution is 2.30. The number of likely N-dealkylation sites (tertiary alicyclic amines) is 1. The van der Waals surface area contributed by atoms with E-state index in [9.17, 15) is 13.2 Å². The quantitative estimate of drug-likeness (QED) is 0.872. The Bertz CT molecular complexity index is 861. The predicted molar refractivity (Wildman–Crippen MR) is 88.9 cm³/mol. The summed E-state index contributed by atoms with van der Waals surface area (Å²) in [6.07, 6.45) is 5.49. The highest BCUT2D eigenvalue weighted by atomic mass is 32.2. The molecule has 1 amide bonds. The van der Waals surface area contributed by atoms with Gasteiger partial charge < -0.3 is 4.90 Å². The Morgan fingerprint density at radius 2 is 2.21 bits per heavy atom. The number of piperidine rings is 1. The Morgan fingerprint density at radius 3 is 2.96 bits per heavy atom. The molecule has 0 unspecified atom stereocenters. The van der Waals surface area contributed by atoms with Gasteiger partial charge in [-0.05, 0) is 32.3 Å². The molecule has 2 aromatic rings. The van der Waals surface area contributed by atoms with E-state index in [2.05, 4.69) is 14.8 Å². The van der Waals surface area contributed by atoms with E-state index in [4.69, 9.17) is 0 Å². The fourth-order valence-corrected chi connectivity index (χ4v) is 3.48. The van der Waals surface area contributed by atoms with Crippen LogP contribution in [0.2, 0.25) is 0 Å². The van der Waals surface area contributed by atoms with Crippen LogP contribution in [0.25, 0.3) is 5.65 Å². The zero-order valence-electron chi connectivity index (χ0n) is 13.8. The second-order valence-corrected chi connectivity index (χ2v) is 7.95. The summed E-state index contributed by atoms with van der Waals surface area (Å²) in [5.74, 6) is -0.224. The van der Waals surface area contributed by atoms with E-state index in [0.717, 1.165) is 42.6 Å². The summed E-state index contributed by atoms with van der Waals surface area (Å²) in [5.41, 5.74) is 2.53. The van der Waals surface area contributed by atoms with Gasteiger partial charge in [-0.25, -0.2) is 22.6 Å². The van der Waals surface area contributed by atoms with Crippen LogP contribution in [-0.2, 0) is 14.8 Å². The lowest BCUT2D eigenvalue weighted by Gasteiger charge is -2.35. The third kappa shape index (κ3) is 3.57. The number of carbonyl (C=O) groups is 1. The topological polar surface area (TPSA) is 96.7 Å². The number of hydrogen-bond acceptors (Lipinski definition) is 5. The molecule has 1 fully saturated rings. The molecule has 8 nitrogen and oxygen atoms in total. The van der Waals surface area contributed by atoms with Crippen LogP contribution < -0.4 is 4.72 Å². The molecule has 0 aromatic carbocycles. The molecule has 130 valence electrons. The molecule has 0 radical (unpaired) electrons. The van der Waals surface area contributed by atoms with Gasteiger partial charge in [0.1, 0.15) is 0 Å². The molecule has 2 aromatic heterocycles. The Hall–Kier alpha value is -2.00. The van der Waals surface area contributed by atoms with Gasteiger partial charge in [0, 0.05) is 18.3 Å². The summed E-state index contributed by atoms with van der Waals surface area (Å²) in [6, 6.07) is 3.64. The van der Waals surface area contributed by atoms with Gasteiger partial charge in [-0.15, -0.1) is 0 Å². The van der Waals surface area contributed by atoms with E-state index in [1.807, 2.05) is 19.1 Å². The number of fused-ring (bicyclic) bond motifs is 1. The van der Waals surface area contributed by atoms with Crippen molar-refractivity contribution in [3.8, 4) is 0 Å². The van der Waals surface area contributed by atoms with Crippen molar-refractivity contribution < 1.29 is 13.2 Å². The van der Waals surface area contributed by atoms with Crippen molar-refractivity contribution in [2.45, 2.75) is 32.2 Å². The fraction of sp³-hybridized carbons (Fsp3) is 0.533. The second kappa shape index (κ2) is 6.48. The average Bonchev–Trinajstić information content (AvgIpc) is 3.01. The number of nitrogens with one attached hydrogen (secondary N) is 1. The monoisotopic (exact) mass is 351 g/mol. The third-order valence-corrected chi connectivity index (χ3v) is 4.88. The number of aromatic nitrogens is 3. The molecule has 0 spiro atoms. The molecule has 0 saturated carbocycles. The lowest BCUT2D eigenvalue weighted by atomic mass is 9.98. The number of rotatable bonds is 4. The number of carbonyl (C=O) groups excluding carboxylic acids is 1. The Labute approximate surface area is 140 Å². The van der Waals surface area contributed by atoms with Crippen molar-refractivity contribution >= 4 is 21.6 Å². The van der Waals surface area contributed by atoms with E-state index >= 15 is 0 Å². The smallest absolute Gasteiger partial charge is 0.238 e. The molecule has 9 heteroatoms. The summed E-state index contributed by atoms with van der Waals surface area (Å²) >= 11 is 0. The lowest BCUT2D eigenvalue weighted by molar-refractivity contribution is -0.133. The van der Waals surface area contributed by atoms with Crippen molar-refractivity contribution in [2.75, 3.05) is 19.3 Å². The maximum atomic E-state index is 12.5. The SMILES string of the molecule is Cc1cc([C@H]2CCCCN2C(=O)CNS(C)(=O)=O)nc2ccnn12. The van der Waals surface area contributed by atoms with Gasteiger partial charge >= 0.3 is 0 Å². The van der Waals surface area contributed by atoms with Crippen LogP contribution in [0.1, 0.15) is 36.7 Å². The maximum absolute atomic E-state index is 12.5. The first-order valence-electron chi connectivity index (χ1n) is 7.90. The molecule has 1 saturated heterocycles. The first kappa shape index (κ1) is 16.8. The third-order valence-electron chi connectivity index (χ3n) is 4.21. The van der Waals surface area contributed by atoms with Gasteiger partial charge in [-0.3, -0.25) is 4.79 Å². The van der Waals surface area contributed by atoms with Crippen LogP contribution in [0.3, 0.4) is 0 Å². The molecule has 1 atom stereocenters. The molecule has 0 bridgehead atoms. The molecule has 1 aliphatic heterocycles. The molecule has 1 aliphatic rings. The van der Waals surface area contributed by atoms with E-state index in [1.54, 1.807) is 15.6 Å². The van der Waals surface area contributed by atoms with Gasteiger partial charge in [-0.1, -0.05) is 0 Å². The van der Waals surface area contributed by atoms with Crippen molar-refractivity contribution in [3.05, 3.63) is 29.7 Å². The number of nitrogens with zero attached hydrogens (tertiary/aromatic N) is 4. The minimum atomic E-state index is -3.39. The van der Waals surface area contributed by atoms with Gasteiger partial charge in [0.15, 0.2) is 5.65 Å². The van der Waals surface area contributed by atoms with E-state index < -0.39 is 10.0 Å². The van der Waals surface area contributed by atoms with E-state index in [0.29, 0.717) is 6.54 Å².